The summed E-state index contributed by atoms with van der Waals surface area (Å²) in [6, 6.07) is 14.5. The summed E-state index contributed by atoms with van der Waals surface area (Å²) in [5.74, 6) is 0.881. The zero-order valence-corrected chi connectivity index (χ0v) is 20.6. The molecule has 0 spiro atoms. The van der Waals surface area contributed by atoms with Gasteiger partial charge in [0.2, 0.25) is 0 Å². The molecule has 8 nitrogen and oxygen atoms in total. The van der Waals surface area contributed by atoms with Crippen molar-refractivity contribution < 1.29 is 4.74 Å². The van der Waals surface area contributed by atoms with E-state index in [-0.39, 0.29) is 17.0 Å². The average molecular weight is 504 g/mol. The molecule has 0 fully saturated rings. The molecule has 1 aliphatic rings. The van der Waals surface area contributed by atoms with Gasteiger partial charge in [-0.3, -0.25) is 14.2 Å². The summed E-state index contributed by atoms with van der Waals surface area (Å²) in [4.78, 5) is 33.7. The van der Waals surface area contributed by atoms with E-state index in [4.69, 9.17) is 9.72 Å². The normalized spacial score (nSPS) is 13.3. The molecule has 35 heavy (non-hydrogen) atoms. The second kappa shape index (κ2) is 8.94. The van der Waals surface area contributed by atoms with Gasteiger partial charge in [-0.05, 0) is 67.6 Å². The molecule has 5 aromatic rings. The van der Waals surface area contributed by atoms with E-state index in [1.54, 1.807) is 41.2 Å². The van der Waals surface area contributed by atoms with Crippen molar-refractivity contribution in [2.24, 2.45) is 0 Å². The topological polar surface area (TPSA) is 91.9 Å². The first kappa shape index (κ1) is 22.0. The van der Waals surface area contributed by atoms with Crippen molar-refractivity contribution in [1.82, 2.24) is 24.5 Å². The maximum Gasteiger partial charge on any atom is 0.278 e. The molecular formula is C25H21N5O3S2. The molecule has 0 atom stereocenters. The Balaban J connectivity index is 1.48. The molecule has 0 unspecified atom stereocenters. The van der Waals surface area contributed by atoms with Gasteiger partial charge in [-0.2, -0.15) is 4.68 Å². The number of hydrogen-bond donors (Lipinski definition) is 0. The summed E-state index contributed by atoms with van der Waals surface area (Å²) in [6.45, 7) is 0. The first-order valence-electron chi connectivity index (χ1n) is 11.3. The van der Waals surface area contributed by atoms with Crippen molar-refractivity contribution in [2.45, 2.75) is 36.7 Å². The highest BCUT2D eigenvalue weighted by atomic mass is 32.2. The summed E-state index contributed by atoms with van der Waals surface area (Å²) < 4.78 is 8.23. The van der Waals surface area contributed by atoms with Gasteiger partial charge < -0.3 is 4.74 Å². The fourth-order valence-electron chi connectivity index (χ4n) is 4.47. The van der Waals surface area contributed by atoms with Gasteiger partial charge >= 0.3 is 0 Å². The predicted octanol–water partition coefficient (Wildman–Crippen LogP) is 4.19. The van der Waals surface area contributed by atoms with Crippen LogP contribution in [-0.4, -0.2) is 31.7 Å². The van der Waals surface area contributed by atoms with Crippen LogP contribution in [0.1, 0.15) is 23.3 Å². The Kier molecular flexibility index (Phi) is 5.62. The first-order valence-corrected chi connectivity index (χ1v) is 13.1. The number of benzene rings is 2. The van der Waals surface area contributed by atoms with Gasteiger partial charge in [-0.15, -0.1) is 16.4 Å². The number of ether oxygens (including phenoxy) is 1. The van der Waals surface area contributed by atoms with Gasteiger partial charge in [-0.25, -0.2) is 4.98 Å². The number of aromatic nitrogens is 5. The number of thiophene rings is 1. The van der Waals surface area contributed by atoms with Crippen LogP contribution in [0.3, 0.4) is 0 Å². The van der Waals surface area contributed by atoms with Crippen LogP contribution in [0.2, 0.25) is 0 Å². The van der Waals surface area contributed by atoms with E-state index < -0.39 is 0 Å². The molecule has 0 saturated carbocycles. The molecule has 1 aliphatic carbocycles. The van der Waals surface area contributed by atoms with E-state index in [0.29, 0.717) is 32.9 Å². The molecule has 0 amide bonds. The molecule has 3 heterocycles. The van der Waals surface area contributed by atoms with Crippen LogP contribution in [0.15, 0.2) is 63.3 Å². The van der Waals surface area contributed by atoms with Crippen LogP contribution in [0.25, 0.3) is 26.8 Å². The smallest absolute Gasteiger partial charge is 0.278 e. The second-order valence-electron chi connectivity index (χ2n) is 8.31. The van der Waals surface area contributed by atoms with Crippen LogP contribution in [0.4, 0.5) is 0 Å². The molecule has 0 aliphatic heterocycles. The number of aryl methyl sites for hydroxylation is 2. The van der Waals surface area contributed by atoms with Crippen molar-refractivity contribution in [3.05, 3.63) is 79.7 Å². The third-order valence-corrected chi connectivity index (χ3v) is 8.33. The molecule has 2 aromatic carbocycles. The predicted molar refractivity (Wildman–Crippen MR) is 138 cm³/mol. The van der Waals surface area contributed by atoms with Crippen molar-refractivity contribution in [1.29, 1.82) is 0 Å². The molecule has 176 valence electrons. The molecule has 6 rings (SSSR count). The Bertz CT molecular complexity index is 1690. The van der Waals surface area contributed by atoms with E-state index in [1.165, 1.54) is 21.3 Å². The van der Waals surface area contributed by atoms with Gasteiger partial charge in [0.25, 0.3) is 11.1 Å². The van der Waals surface area contributed by atoms with E-state index in [2.05, 4.69) is 10.3 Å². The van der Waals surface area contributed by atoms with E-state index >= 15 is 0 Å². The minimum Gasteiger partial charge on any atom is -0.497 e. The molecule has 0 bridgehead atoms. The lowest BCUT2D eigenvalue weighted by molar-refractivity contribution is 0.414. The average Bonchev–Trinajstić information content (AvgIpc) is 3.27. The molecule has 3 aromatic heterocycles. The van der Waals surface area contributed by atoms with Crippen LogP contribution in [0, 0.1) is 0 Å². The van der Waals surface area contributed by atoms with Gasteiger partial charge in [0.1, 0.15) is 16.1 Å². The lowest BCUT2D eigenvalue weighted by atomic mass is 9.97. The SMILES string of the molecule is COc1ccc(-n2c(SCn3nnc4ccccc4c3=O)nc3sc4c(c3c2=O)CCCC4)cc1. The number of methoxy groups -OCH3 is 1. The zero-order chi connectivity index (χ0) is 23.9. The Labute approximate surface area is 208 Å². The number of nitrogens with zero attached hydrogens (tertiary/aromatic N) is 5. The lowest BCUT2D eigenvalue weighted by Crippen LogP contribution is -2.25. The van der Waals surface area contributed by atoms with Crippen LogP contribution >= 0.6 is 23.1 Å². The summed E-state index contributed by atoms with van der Waals surface area (Å²) in [5, 5.41) is 9.98. The van der Waals surface area contributed by atoms with Crippen LogP contribution in [-0.2, 0) is 18.7 Å². The van der Waals surface area contributed by atoms with Crippen LogP contribution in [0.5, 0.6) is 5.75 Å². The van der Waals surface area contributed by atoms with Crippen molar-refractivity contribution >= 4 is 44.2 Å². The standard InChI is InChI=1S/C25H21N5O3S2/c1-33-16-12-10-15(11-13-16)30-24(32)21-18-7-3-5-9-20(18)35-22(21)26-25(30)34-14-29-23(31)17-6-2-4-8-19(17)27-28-29/h2,4,6,8,10-13H,3,5,7,9,14H2,1H3. The lowest BCUT2D eigenvalue weighted by Gasteiger charge is -2.14. The minimum atomic E-state index is -0.228. The largest absolute Gasteiger partial charge is 0.497 e. The van der Waals surface area contributed by atoms with E-state index in [0.717, 1.165) is 36.1 Å². The Morgan fingerprint density at radius 1 is 1.03 bits per heavy atom. The number of thioether (sulfide) groups is 1. The number of hydrogen-bond acceptors (Lipinski definition) is 8. The highest BCUT2D eigenvalue weighted by molar-refractivity contribution is 7.98. The maximum absolute atomic E-state index is 13.9. The molecule has 0 radical (unpaired) electrons. The van der Waals surface area contributed by atoms with Gasteiger partial charge in [0.05, 0.1) is 29.4 Å². The molecule has 0 N–H and O–H groups in total. The third-order valence-electron chi connectivity index (χ3n) is 6.23. The van der Waals surface area contributed by atoms with E-state index in [9.17, 15) is 9.59 Å². The van der Waals surface area contributed by atoms with Crippen molar-refractivity contribution in [3.63, 3.8) is 0 Å². The fraction of sp³-hybridized carbons (Fsp3) is 0.240. The van der Waals surface area contributed by atoms with Gasteiger partial charge in [0, 0.05) is 4.88 Å². The molecule has 0 saturated heterocycles. The zero-order valence-electron chi connectivity index (χ0n) is 18.9. The second-order valence-corrected chi connectivity index (χ2v) is 10.3. The molecule has 10 heteroatoms. The van der Waals surface area contributed by atoms with Crippen molar-refractivity contribution in [2.75, 3.05) is 7.11 Å². The highest BCUT2D eigenvalue weighted by Gasteiger charge is 2.23. The van der Waals surface area contributed by atoms with E-state index in [1.807, 2.05) is 30.3 Å². The Morgan fingerprint density at radius 2 is 1.83 bits per heavy atom. The Hall–Kier alpha value is -3.50. The molecular weight excluding hydrogens is 482 g/mol. The maximum atomic E-state index is 13.9. The third kappa shape index (κ3) is 3.82. The monoisotopic (exact) mass is 503 g/mol. The van der Waals surface area contributed by atoms with Gasteiger partial charge in [-0.1, -0.05) is 29.1 Å². The summed E-state index contributed by atoms with van der Waals surface area (Å²) >= 11 is 2.90. The minimum absolute atomic E-state index is 0.0843. The summed E-state index contributed by atoms with van der Waals surface area (Å²) in [7, 11) is 1.61. The Morgan fingerprint density at radius 3 is 2.66 bits per heavy atom. The first-order chi connectivity index (χ1) is 17.1. The van der Waals surface area contributed by atoms with Crippen LogP contribution < -0.4 is 15.9 Å². The fourth-order valence-corrected chi connectivity index (χ4v) is 6.66. The highest BCUT2D eigenvalue weighted by Crippen LogP contribution is 2.35. The summed E-state index contributed by atoms with van der Waals surface area (Å²) in [5.41, 5.74) is 2.08. The number of rotatable bonds is 5. The summed E-state index contributed by atoms with van der Waals surface area (Å²) in [6.07, 6.45) is 4.12. The number of fused-ring (bicyclic) bond motifs is 4. The quantitative estimate of drug-likeness (QED) is 0.262. The van der Waals surface area contributed by atoms with Gasteiger partial charge in [0.15, 0.2) is 5.16 Å². The van der Waals surface area contributed by atoms with Crippen molar-refractivity contribution in [3.8, 4) is 11.4 Å².